The molecule has 1 atom stereocenters. The van der Waals surface area contributed by atoms with Crippen molar-refractivity contribution in [3.63, 3.8) is 0 Å². The van der Waals surface area contributed by atoms with E-state index in [0.29, 0.717) is 41.9 Å². The Morgan fingerprint density at radius 3 is 2.74 bits per heavy atom. The number of nitrogens with one attached hydrogen (secondary N) is 2. The van der Waals surface area contributed by atoms with Gasteiger partial charge in [0.25, 0.3) is 0 Å². The molecule has 3 rings (SSSR count). The highest BCUT2D eigenvalue weighted by Gasteiger charge is 2.24. The van der Waals surface area contributed by atoms with Crippen molar-refractivity contribution >= 4 is 43.1 Å². The van der Waals surface area contributed by atoms with Crippen molar-refractivity contribution in [2.45, 2.75) is 50.5 Å². The second-order valence-electron chi connectivity index (χ2n) is 7.79. The van der Waals surface area contributed by atoms with Crippen LogP contribution in [0.3, 0.4) is 0 Å². The van der Waals surface area contributed by atoms with Gasteiger partial charge in [0.1, 0.15) is 18.2 Å². The first-order valence-corrected chi connectivity index (χ1v) is 12.6. The highest BCUT2D eigenvalue weighted by molar-refractivity contribution is 7.80. The summed E-state index contributed by atoms with van der Waals surface area (Å²) in [4.78, 5) is 43.0. The normalized spacial score (nSPS) is 20.5. The van der Waals surface area contributed by atoms with Crippen LogP contribution in [0.25, 0.3) is 11.2 Å². The van der Waals surface area contributed by atoms with Gasteiger partial charge < -0.3 is 29.7 Å². The molecular weight excluding hydrogens is 443 g/mol. The summed E-state index contributed by atoms with van der Waals surface area (Å²) in [6, 6.07) is 0. The molecule has 1 aliphatic carbocycles. The number of thiol groups is 1. The number of aromatic nitrogens is 4. The van der Waals surface area contributed by atoms with Gasteiger partial charge in [-0.25, -0.2) is 15.0 Å². The van der Waals surface area contributed by atoms with E-state index in [2.05, 4.69) is 38.2 Å². The summed E-state index contributed by atoms with van der Waals surface area (Å²) in [6.07, 6.45) is 5.64. The first kappa shape index (κ1) is 23.9. The van der Waals surface area contributed by atoms with Gasteiger partial charge in [0, 0.05) is 24.3 Å². The maximum absolute atomic E-state index is 12.3. The van der Waals surface area contributed by atoms with Crippen LogP contribution in [0.1, 0.15) is 32.6 Å². The van der Waals surface area contributed by atoms with Crippen LogP contribution in [0.15, 0.2) is 12.7 Å². The lowest BCUT2D eigenvalue weighted by molar-refractivity contribution is -0.125. The second-order valence-corrected chi connectivity index (χ2v) is 10.1. The molecule has 0 aromatic carbocycles. The Kier molecular flexibility index (Phi) is 8.29. The molecule has 2 heterocycles. The van der Waals surface area contributed by atoms with Gasteiger partial charge in [-0.1, -0.05) is 0 Å². The van der Waals surface area contributed by atoms with Crippen molar-refractivity contribution in [3.8, 4) is 0 Å². The number of ether oxygens (including phenoxy) is 1. The molecule has 1 fully saturated rings. The molecule has 31 heavy (non-hydrogen) atoms. The summed E-state index contributed by atoms with van der Waals surface area (Å²) in [7, 11) is -4.22. The first-order valence-electron chi connectivity index (χ1n) is 10.2. The van der Waals surface area contributed by atoms with Gasteiger partial charge in [-0.05, 0) is 32.6 Å². The number of nitrogens with zero attached hydrogens (tertiary/aromatic N) is 4. The molecule has 0 unspecified atom stereocenters. The zero-order valence-corrected chi connectivity index (χ0v) is 19.1. The Bertz CT molecular complexity index is 929. The van der Waals surface area contributed by atoms with E-state index in [1.54, 1.807) is 17.8 Å². The summed E-state index contributed by atoms with van der Waals surface area (Å²) >= 11 is 4.47. The number of hydrogen-bond donors (Lipinski definition) is 5. The van der Waals surface area contributed by atoms with Crippen LogP contribution < -0.4 is 10.6 Å². The van der Waals surface area contributed by atoms with Crippen molar-refractivity contribution in [1.82, 2.24) is 24.8 Å². The number of carbonyl (C=O) groups is 1. The number of fused-ring (bicyclic) bond motifs is 1. The predicted octanol–water partition coefficient (Wildman–Crippen LogP) is 1.38. The van der Waals surface area contributed by atoms with Crippen LogP contribution in [0, 0.1) is 5.92 Å². The maximum Gasteiger partial charge on any atom is 0.350 e. The molecule has 2 aromatic rings. The highest BCUT2D eigenvalue weighted by atomic mass is 32.1. The van der Waals surface area contributed by atoms with E-state index in [4.69, 9.17) is 14.5 Å². The van der Waals surface area contributed by atoms with Gasteiger partial charge in [-0.15, -0.1) is 0 Å². The van der Waals surface area contributed by atoms with E-state index in [-0.39, 0.29) is 11.8 Å². The Labute approximate surface area is 186 Å². The molecule has 172 valence electrons. The van der Waals surface area contributed by atoms with Crippen LogP contribution in [-0.4, -0.2) is 66.0 Å². The first-order chi connectivity index (χ1) is 14.7. The van der Waals surface area contributed by atoms with E-state index in [0.717, 1.165) is 25.7 Å². The lowest BCUT2D eigenvalue weighted by Crippen LogP contribution is -2.36. The van der Waals surface area contributed by atoms with Crippen LogP contribution in [-0.2, 0) is 20.6 Å². The van der Waals surface area contributed by atoms with E-state index in [1.165, 1.54) is 6.33 Å². The van der Waals surface area contributed by atoms with Crippen molar-refractivity contribution in [1.29, 1.82) is 0 Å². The van der Waals surface area contributed by atoms with E-state index >= 15 is 0 Å². The highest BCUT2D eigenvalue weighted by Crippen LogP contribution is 2.34. The lowest BCUT2D eigenvalue weighted by atomic mass is 9.88. The molecule has 4 N–H and O–H groups in total. The van der Waals surface area contributed by atoms with E-state index in [9.17, 15) is 9.36 Å². The summed E-state index contributed by atoms with van der Waals surface area (Å²) in [6.45, 7) is 3.01. The topological polar surface area (TPSA) is 151 Å². The molecule has 1 saturated carbocycles. The largest absolute Gasteiger partial charge is 0.366 e. The Morgan fingerprint density at radius 2 is 2.03 bits per heavy atom. The van der Waals surface area contributed by atoms with Crippen molar-refractivity contribution in [2.75, 3.05) is 24.8 Å². The van der Waals surface area contributed by atoms with Gasteiger partial charge in [-0.2, -0.15) is 12.6 Å². The fourth-order valence-electron chi connectivity index (χ4n) is 3.55. The van der Waals surface area contributed by atoms with Crippen LogP contribution in [0.2, 0.25) is 0 Å². The van der Waals surface area contributed by atoms with Crippen LogP contribution in [0.4, 0.5) is 5.82 Å². The number of carbonyl (C=O) groups excluding carboxylic acids is 1. The summed E-state index contributed by atoms with van der Waals surface area (Å²) in [5, 5.41) is 6.55. The standard InChI is InChI=1S/C18H29N6O5PS/c1-12(29-11-30(26,27)28)8-24-10-23-15-16(21-9-22-17(15)24)19-6-7-20-18(25)13-2-4-14(31)5-3-13/h9-10,12-14,31H,2-8,11H2,1H3,(H,20,25)(H,19,21,22)(H2,26,27,28)/t12-,13?,14?/m1/s1. The van der Waals surface area contributed by atoms with E-state index in [1.807, 2.05) is 0 Å². The van der Waals surface area contributed by atoms with E-state index < -0.39 is 20.0 Å². The minimum atomic E-state index is -4.22. The fourth-order valence-corrected chi connectivity index (χ4v) is 4.29. The van der Waals surface area contributed by atoms with Gasteiger partial charge in [0.05, 0.1) is 19.0 Å². The number of imidazole rings is 1. The average Bonchev–Trinajstić information content (AvgIpc) is 3.13. The van der Waals surface area contributed by atoms with Crippen LogP contribution in [0.5, 0.6) is 0 Å². The third-order valence-corrected chi connectivity index (χ3v) is 6.17. The fraction of sp³-hybridized carbons (Fsp3) is 0.667. The summed E-state index contributed by atoms with van der Waals surface area (Å²) < 4.78 is 17.9. The monoisotopic (exact) mass is 472 g/mol. The molecule has 0 saturated heterocycles. The molecule has 11 nitrogen and oxygen atoms in total. The molecule has 0 spiro atoms. The minimum Gasteiger partial charge on any atom is -0.366 e. The van der Waals surface area contributed by atoms with Gasteiger partial charge in [-0.3, -0.25) is 9.36 Å². The van der Waals surface area contributed by atoms with Gasteiger partial charge in [0.15, 0.2) is 11.5 Å². The van der Waals surface area contributed by atoms with Crippen molar-refractivity contribution in [3.05, 3.63) is 12.7 Å². The smallest absolute Gasteiger partial charge is 0.350 e. The molecule has 13 heteroatoms. The Hall–Kier alpha value is -1.72. The second kappa shape index (κ2) is 10.7. The van der Waals surface area contributed by atoms with Gasteiger partial charge in [0.2, 0.25) is 5.91 Å². The molecule has 2 aromatic heterocycles. The quantitative estimate of drug-likeness (QED) is 0.196. The summed E-state index contributed by atoms with van der Waals surface area (Å²) in [5.74, 6) is 0.709. The van der Waals surface area contributed by atoms with Crippen molar-refractivity contribution < 1.29 is 23.9 Å². The summed E-state index contributed by atoms with van der Waals surface area (Å²) in [5.41, 5.74) is 1.15. The number of rotatable bonds is 10. The molecule has 0 aliphatic heterocycles. The van der Waals surface area contributed by atoms with Gasteiger partial charge >= 0.3 is 7.60 Å². The Morgan fingerprint density at radius 1 is 1.29 bits per heavy atom. The molecule has 1 aliphatic rings. The van der Waals surface area contributed by atoms with Crippen LogP contribution >= 0.6 is 20.2 Å². The number of hydrogen-bond acceptors (Lipinski definition) is 8. The number of amides is 1. The predicted molar refractivity (Wildman–Crippen MR) is 119 cm³/mol. The average molecular weight is 473 g/mol. The minimum absolute atomic E-state index is 0.0691. The van der Waals surface area contributed by atoms with Crippen molar-refractivity contribution in [2.24, 2.45) is 5.92 Å². The molecular formula is C18H29N6O5PS. The third-order valence-electron chi connectivity index (χ3n) is 5.17. The molecule has 0 radical (unpaired) electrons. The lowest BCUT2D eigenvalue weighted by Gasteiger charge is -2.24. The number of anilines is 1. The zero-order valence-electron chi connectivity index (χ0n) is 17.3. The molecule has 0 bridgehead atoms. The zero-order chi connectivity index (χ0) is 22.4. The Balaban J connectivity index is 1.50. The third kappa shape index (κ3) is 7.15. The SMILES string of the molecule is C[C@H](Cn1cnc2c(NCCNC(=O)C3CCC(S)CC3)ncnc21)OCP(=O)(O)O. The maximum atomic E-state index is 12.3. The molecule has 1 amide bonds.